The number of nitrogens with zero attached hydrogens (tertiary/aromatic N) is 2. The lowest BCUT2D eigenvalue weighted by Gasteiger charge is -2.16. The molecule has 0 aliphatic carbocycles. The molecule has 16 heavy (non-hydrogen) atoms. The maximum atomic E-state index is 12.1. The van der Waals surface area contributed by atoms with Crippen LogP contribution < -0.4 is 0 Å². The van der Waals surface area contributed by atoms with Gasteiger partial charge < -0.3 is 4.90 Å². The second kappa shape index (κ2) is 4.95. The Morgan fingerprint density at radius 3 is 3.12 bits per heavy atom. The molecular weight excluding hydrogens is 268 g/mol. The SMILES string of the molecule is CCC1CCN(C(=O)c2ccnc(Br)c2)C1. The standard InChI is InChI=1S/C12H15BrN2O/c1-2-9-4-6-15(8-9)12(16)10-3-5-14-11(13)7-10/h3,5,7,9H,2,4,6,8H2,1H3. The van der Waals surface area contributed by atoms with Crippen LogP contribution in [0.4, 0.5) is 0 Å². The molecule has 1 aliphatic heterocycles. The number of likely N-dealkylation sites (tertiary alicyclic amines) is 1. The van der Waals surface area contributed by atoms with Crippen LogP contribution in [-0.4, -0.2) is 28.9 Å². The van der Waals surface area contributed by atoms with Crippen LogP contribution >= 0.6 is 15.9 Å². The van der Waals surface area contributed by atoms with Crippen molar-refractivity contribution in [3.8, 4) is 0 Å². The van der Waals surface area contributed by atoms with E-state index in [4.69, 9.17) is 0 Å². The van der Waals surface area contributed by atoms with E-state index in [0.29, 0.717) is 10.5 Å². The average Bonchev–Trinajstić information content (AvgIpc) is 2.76. The number of halogens is 1. The largest absolute Gasteiger partial charge is 0.338 e. The minimum absolute atomic E-state index is 0.124. The van der Waals surface area contributed by atoms with Gasteiger partial charge in [0.2, 0.25) is 0 Å². The molecule has 0 bridgehead atoms. The molecule has 1 fully saturated rings. The molecule has 3 nitrogen and oxygen atoms in total. The van der Waals surface area contributed by atoms with Gasteiger partial charge in [0.25, 0.3) is 5.91 Å². The van der Waals surface area contributed by atoms with E-state index in [-0.39, 0.29) is 5.91 Å². The predicted molar refractivity (Wildman–Crippen MR) is 66.2 cm³/mol. The van der Waals surface area contributed by atoms with Gasteiger partial charge in [-0.1, -0.05) is 13.3 Å². The molecule has 1 amide bonds. The Morgan fingerprint density at radius 2 is 2.50 bits per heavy atom. The smallest absolute Gasteiger partial charge is 0.254 e. The van der Waals surface area contributed by atoms with Crippen molar-refractivity contribution in [3.63, 3.8) is 0 Å². The van der Waals surface area contributed by atoms with Crippen LogP contribution in [0.5, 0.6) is 0 Å². The molecule has 1 aromatic rings. The minimum atomic E-state index is 0.124. The molecule has 1 aromatic heterocycles. The van der Waals surface area contributed by atoms with Crippen molar-refractivity contribution in [2.45, 2.75) is 19.8 Å². The van der Waals surface area contributed by atoms with E-state index in [0.717, 1.165) is 31.5 Å². The van der Waals surface area contributed by atoms with E-state index in [1.54, 1.807) is 18.3 Å². The third-order valence-corrected chi connectivity index (χ3v) is 3.56. The maximum absolute atomic E-state index is 12.1. The van der Waals surface area contributed by atoms with Crippen LogP contribution in [0.25, 0.3) is 0 Å². The normalized spacial score (nSPS) is 20.1. The summed E-state index contributed by atoms with van der Waals surface area (Å²) in [4.78, 5) is 18.1. The Balaban J connectivity index is 2.08. The van der Waals surface area contributed by atoms with Gasteiger partial charge >= 0.3 is 0 Å². The quantitative estimate of drug-likeness (QED) is 0.782. The highest BCUT2D eigenvalue weighted by atomic mass is 79.9. The molecule has 1 unspecified atom stereocenters. The first-order chi connectivity index (χ1) is 7.70. The van der Waals surface area contributed by atoms with Gasteiger partial charge in [-0.05, 0) is 40.4 Å². The fraction of sp³-hybridized carbons (Fsp3) is 0.500. The second-order valence-corrected chi connectivity index (χ2v) is 4.99. The Kier molecular flexibility index (Phi) is 3.59. The molecule has 1 atom stereocenters. The molecule has 1 saturated heterocycles. The van der Waals surface area contributed by atoms with Gasteiger partial charge in [-0.25, -0.2) is 4.98 Å². The Hall–Kier alpha value is -0.900. The fourth-order valence-electron chi connectivity index (χ4n) is 2.07. The Morgan fingerprint density at radius 1 is 1.69 bits per heavy atom. The van der Waals surface area contributed by atoms with E-state index < -0.39 is 0 Å². The number of carbonyl (C=O) groups excluding carboxylic acids is 1. The maximum Gasteiger partial charge on any atom is 0.254 e. The van der Waals surface area contributed by atoms with Crippen molar-refractivity contribution >= 4 is 21.8 Å². The summed E-state index contributed by atoms with van der Waals surface area (Å²) in [5, 5.41) is 0. The van der Waals surface area contributed by atoms with Gasteiger partial charge in [-0.3, -0.25) is 4.79 Å². The zero-order valence-electron chi connectivity index (χ0n) is 9.32. The predicted octanol–water partition coefficient (Wildman–Crippen LogP) is 2.72. The summed E-state index contributed by atoms with van der Waals surface area (Å²) in [6.07, 6.45) is 3.95. The lowest BCUT2D eigenvalue weighted by atomic mass is 10.1. The summed E-state index contributed by atoms with van der Waals surface area (Å²) in [6, 6.07) is 3.55. The van der Waals surface area contributed by atoms with Gasteiger partial charge in [0, 0.05) is 24.8 Å². The van der Waals surface area contributed by atoms with E-state index >= 15 is 0 Å². The molecule has 2 rings (SSSR count). The lowest BCUT2D eigenvalue weighted by molar-refractivity contribution is 0.0786. The Bertz CT molecular complexity index is 394. The van der Waals surface area contributed by atoms with Crippen LogP contribution in [0.1, 0.15) is 30.1 Å². The molecule has 0 spiro atoms. The van der Waals surface area contributed by atoms with Gasteiger partial charge in [-0.2, -0.15) is 0 Å². The monoisotopic (exact) mass is 282 g/mol. The summed E-state index contributed by atoms with van der Waals surface area (Å²) in [6.45, 7) is 3.97. The summed E-state index contributed by atoms with van der Waals surface area (Å²) in [5.41, 5.74) is 0.721. The van der Waals surface area contributed by atoms with Crippen molar-refractivity contribution in [2.24, 2.45) is 5.92 Å². The summed E-state index contributed by atoms with van der Waals surface area (Å²) >= 11 is 3.28. The first-order valence-corrected chi connectivity index (χ1v) is 6.41. The number of hydrogen-bond donors (Lipinski definition) is 0. The van der Waals surface area contributed by atoms with Crippen LogP contribution in [0, 0.1) is 5.92 Å². The Labute approximate surface area is 104 Å². The van der Waals surface area contributed by atoms with E-state index in [9.17, 15) is 4.79 Å². The molecule has 0 saturated carbocycles. The number of pyridine rings is 1. The van der Waals surface area contributed by atoms with Crippen molar-refractivity contribution in [1.29, 1.82) is 0 Å². The van der Waals surface area contributed by atoms with E-state index in [1.807, 2.05) is 4.90 Å². The number of carbonyl (C=O) groups is 1. The molecule has 0 N–H and O–H groups in total. The van der Waals surface area contributed by atoms with Crippen molar-refractivity contribution in [2.75, 3.05) is 13.1 Å². The molecule has 0 radical (unpaired) electrons. The summed E-state index contributed by atoms with van der Waals surface area (Å²) in [5.74, 6) is 0.799. The molecular formula is C12H15BrN2O. The highest BCUT2D eigenvalue weighted by Crippen LogP contribution is 2.21. The molecule has 1 aliphatic rings. The number of amides is 1. The summed E-state index contributed by atoms with van der Waals surface area (Å²) < 4.78 is 0.713. The molecule has 4 heteroatoms. The van der Waals surface area contributed by atoms with Crippen LogP contribution in [0.2, 0.25) is 0 Å². The van der Waals surface area contributed by atoms with Gasteiger partial charge in [0.1, 0.15) is 4.60 Å². The zero-order chi connectivity index (χ0) is 11.5. The van der Waals surface area contributed by atoms with E-state index in [1.165, 1.54) is 0 Å². The summed E-state index contributed by atoms with van der Waals surface area (Å²) in [7, 11) is 0. The first-order valence-electron chi connectivity index (χ1n) is 5.61. The second-order valence-electron chi connectivity index (χ2n) is 4.18. The fourth-order valence-corrected chi connectivity index (χ4v) is 2.43. The molecule has 2 heterocycles. The lowest BCUT2D eigenvalue weighted by Crippen LogP contribution is -2.28. The average molecular weight is 283 g/mol. The van der Waals surface area contributed by atoms with Crippen LogP contribution in [-0.2, 0) is 0 Å². The third kappa shape index (κ3) is 2.43. The highest BCUT2D eigenvalue weighted by Gasteiger charge is 2.25. The van der Waals surface area contributed by atoms with Crippen LogP contribution in [0.3, 0.4) is 0 Å². The first kappa shape index (κ1) is 11.6. The van der Waals surface area contributed by atoms with Gasteiger partial charge in [0.05, 0.1) is 0 Å². The number of rotatable bonds is 2. The number of aromatic nitrogens is 1. The third-order valence-electron chi connectivity index (χ3n) is 3.12. The molecule has 86 valence electrons. The highest BCUT2D eigenvalue weighted by molar-refractivity contribution is 9.10. The van der Waals surface area contributed by atoms with Gasteiger partial charge in [0.15, 0.2) is 0 Å². The van der Waals surface area contributed by atoms with Crippen molar-refractivity contribution in [1.82, 2.24) is 9.88 Å². The van der Waals surface area contributed by atoms with Gasteiger partial charge in [-0.15, -0.1) is 0 Å². The van der Waals surface area contributed by atoms with Crippen molar-refractivity contribution in [3.05, 3.63) is 28.5 Å². The van der Waals surface area contributed by atoms with E-state index in [2.05, 4.69) is 27.8 Å². The van der Waals surface area contributed by atoms with Crippen molar-refractivity contribution < 1.29 is 4.79 Å². The minimum Gasteiger partial charge on any atom is -0.338 e. The zero-order valence-corrected chi connectivity index (χ0v) is 10.9. The van der Waals surface area contributed by atoms with Crippen LogP contribution in [0.15, 0.2) is 22.9 Å². The topological polar surface area (TPSA) is 33.2 Å². The molecule has 0 aromatic carbocycles. The number of hydrogen-bond acceptors (Lipinski definition) is 2.